The van der Waals surface area contributed by atoms with Crippen molar-refractivity contribution in [3.05, 3.63) is 242 Å². The fourth-order valence-corrected chi connectivity index (χ4v) is 7.46. The molecule has 0 saturated carbocycles. The van der Waals surface area contributed by atoms with Gasteiger partial charge in [-0.3, -0.25) is 0 Å². The highest BCUT2D eigenvalue weighted by molar-refractivity contribution is 5.93. The van der Waals surface area contributed by atoms with Crippen molar-refractivity contribution in [3.8, 4) is 44.5 Å². The number of allylic oxidation sites excluding steroid dienone is 4. The van der Waals surface area contributed by atoms with Gasteiger partial charge in [0.05, 0.1) is 5.69 Å². The lowest BCUT2D eigenvalue weighted by Gasteiger charge is -2.28. The number of nitrogens with one attached hydrogen (secondary N) is 1. The van der Waals surface area contributed by atoms with E-state index in [1.54, 1.807) is 0 Å². The summed E-state index contributed by atoms with van der Waals surface area (Å²) in [6.45, 7) is 4.52. The van der Waals surface area contributed by atoms with Crippen molar-refractivity contribution >= 4 is 33.9 Å². The summed E-state index contributed by atoms with van der Waals surface area (Å²) in [6, 6.07) is 73.2. The third-order valence-corrected chi connectivity index (χ3v) is 10.4. The van der Waals surface area contributed by atoms with Crippen LogP contribution in [0.3, 0.4) is 0 Å². The van der Waals surface area contributed by atoms with Crippen LogP contribution in [0.1, 0.15) is 11.1 Å². The molecule has 1 aliphatic heterocycles. The van der Waals surface area contributed by atoms with Crippen molar-refractivity contribution in [2.24, 2.45) is 0 Å². The summed E-state index contributed by atoms with van der Waals surface area (Å²) in [5.74, 6) is 0. The minimum atomic E-state index is 0.964. The molecule has 0 amide bonds. The summed E-state index contributed by atoms with van der Waals surface area (Å²) in [5, 5.41) is 3.71. The molecule has 0 aromatic heterocycles. The molecule has 56 heavy (non-hydrogen) atoms. The van der Waals surface area contributed by atoms with Gasteiger partial charge < -0.3 is 10.2 Å². The predicted octanol–water partition coefficient (Wildman–Crippen LogP) is 14.9. The smallest absolute Gasteiger partial charge is 0.0533 e. The van der Waals surface area contributed by atoms with E-state index in [0.29, 0.717) is 0 Å². The first-order valence-corrected chi connectivity index (χ1v) is 19.0. The second-order valence-electron chi connectivity index (χ2n) is 14.0. The molecule has 0 radical (unpaired) electrons. The molecule has 1 aliphatic rings. The quantitative estimate of drug-likeness (QED) is 0.168. The molecule has 0 unspecified atom stereocenters. The number of anilines is 4. The lowest BCUT2D eigenvalue weighted by atomic mass is 9.95. The Morgan fingerprint density at radius 3 is 1.57 bits per heavy atom. The maximum Gasteiger partial charge on any atom is 0.0533 e. The third kappa shape index (κ3) is 7.24. The van der Waals surface area contributed by atoms with Crippen LogP contribution < -0.4 is 10.2 Å². The Hall–Kier alpha value is -7.42. The SMILES string of the molecule is C=C1/C=C\C(c2ccc(-c3ccccc3Nc3cccc(-c4ccccc4)c3)cc2)=C/N(c2cc(-c3ccccc3)cc(-c3ccccc3)c2)c2ccccc21. The molecule has 266 valence electrons. The Bertz CT molecular complexity index is 2650. The van der Waals surface area contributed by atoms with Gasteiger partial charge in [0.1, 0.15) is 0 Å². The molecule has 0 aliphatic carbocycles. The molecule has 0 saturated heterocycles. The Morgan fingerprint density at radius 1 is 0.375 bits per heavy atom. The van der Waals surface area contributed by atoms with Gasteiger partial charge in [-0.2, -0.15) is 0 Å². The van der Waals surface area contributed by atoms with E-state index in [0.717, 1.165) is 67.3 Å². The molecule has 8 aromatic carbocycles. The van der Waals surface area contributed by atoms with Crippen LogP contribution in [0.4, 0.5) is 22.7 Å². The van der Waals surface area contributed by atoms with Gasteiger partial charge in [-0.15, -0.1) is 0 Å². The Balaban J connectivity index is 1.10. The highest BCUT2D eigenvalue weighted by Gasteiger charge is 2.19. The van der Waals surface area contributed by atoms with E-state index in [2.05, 4.69) is 241 Å². The summed E-state index contributed by atoms with van der Waals surface area (Å²) < 4.78 is 0. The summed E-state index contributed by atoms with van der Waals surface area (Å²) in [5.41, 5.74) is 17.9. The van der Waals surface area contributed by atoms with Gasteiger partial charge in [0.25, 0.3) is 0 Å². The minimum absolute atomic E-state index is 0.964. The van der Waals surface area contributed by atoms with Gasteiger partial charge in [-0.05, 0) is 98.1 Å². The number of hydrogen-bond donors (Lipinski definition) is 1. The first-order chi connectivity index (χ1) is 27.7. The van der Waals surface area contributed by atoms with E-state index in [1.807, 2.05) is 0 Å². The topological polar surface area (TPSA) is 15.3 Å². The van der Waals surface area contributed by atoms with Crippen molar-refractivity contribution in [1.82, 2.24) is 0 Å². The molecule has 2 heteroatoms. The number of nitrogens with zero attached hydrogens (tertiary/aromatic N) is 1. The first-order valence-electron chi connectivity index (χ1n) is 19.0. The molecular weight excluding hydrogens is 677 g/mol. The van der Waals surface area contributed by atoms with Crippen molar-refractivity contribution in [1.29, 1.82) is 0 Å². The van der Waals surface area contributed by atoms with Gasteiger partial charge in [0, 0.05) is 34.4 Å². The number of para-hydroxylation sites is 2. The lowest BCUT2D eigenvalue weighted by Crippen LogP contribution is -2.13. The number of rotatable bonds is 8. The average Bonchev–Trinajstić information content (AvgIpc) is 3.27. The van der Waals surface area contributed by atoms with Crippen molar-refractivity contribution in [2.75, 3.05) is 10.2 Å². The van der Waals surface area contributed by atoms with Gasteiger partial charge in [0.15, 0.2) is 0 Å². The zero-order valence-corrected chi connectivity index (χ0v) is 31.0. The van der Waals surface area contributed by atoms with E-state index in [1.165, 1.54) is 22.3 Å². The molecule has 2 nitrogen and oxygen atoms in total. The number of hydrogen-bond acceptors (Lipinski definition) is 2. The molecule has 9 rings (SSSR count). The van der Waals surface area contributed by atoms with Gasteiger partial charge in [-0.1, -0.05) is 183 Å². The van der Waals surface area contributed by atoms with E-state index >= 15 is 0 Å². The monoisotopic (exact) mass is 716 g/mol. The maximum absolute atomic E-state index is 4.52. The van der Waals surface area contributed by atoms with Crippen LogP contribution in [0.15, 0.2) is 231 Å². The standard InChI is InChI=1S/C54H40N2/c1-39-28-29-46(43-30-32-44(33-31-43)52-25-11-13-26-53(52)55-49-23-15-22-45(35-49)40-16-5-2-6-17-40)38-56(54-27-14-12-24-51(39)54)50-36-47(41-18-7-3-8-19-41)34-48(37-50)42-20-9-4-10-21-42/h2-38,55H,1H2/b29-28-,46-38+. The zero-order valence-electron chi connectivity index (χ0n) is 31.0. The Kier molecular flexibility index (Phi) is 9.52. The van der Waals surface area contributed by atoms with Crippen LogP contribution in [0.2, 0.25) is 0 Å². The summed E-state index contributed by atoms with van der Waals surface area (Å²) in [6.07, 6.45) is 6.59. The number of benzene rings is 8. The second-order valence-corrected chi connectivity index (χ2v) is 14.0. The van der Waals surface area contributed by atoms with E-state index in [-0.39, 0.29) is 0 Å². The van der Waals surface area contributed by atoms with E-state index in [9.17, 15) is 0 Å². The Morgan fingerprint density at radius 2 is 0.911 bits per heavy atom. The molecule has 0 spiro atoms. The summed E-state index contributed by atoms with van der Waals surface area (Å²) in [7, 11) is 0. The van der Waals surface area contributed by atoms with E-state index < -0.39 is 0 Å². The van der Waals surface area contributed by atoms with E-state index in [4.69, 9.17) is 0 Å². The highest BCUT2D eigenvalue weighted by atomic mass is 15.1. The fraction of sp³-hybridized carbons (Fsp3) is 0. The summed E-state index contributed by atoms with van der Waals surface area (Å²) in [4.78, 5) is 2.33. The number of fused-ring (bicyclic) bond motifs is 1. The first kappa shape index (κ1) is 34.4. The van der Waals surface area contributed by atoms with Crippen molar-refractivity contribution < 1.29 is 0 Å². The molecule has 0 fully saturated rings. The van der Waals surface area contributed by atoms with Crippen molar-refractivity contribution in [3.63, 3.8) is 0 Å². The second kappa shape index (κ2) is 15.5. The van der Waals surface area contributed by atoms with Gasteiger partial charge in [0.2, 0.25) is 0 Å². The predicted molar refractivity (Wildman–Crippen MR) is 239 cm³/mol. The highest BCUT2D eigenvalue weighted by Crippen LogP contribution is 2.41. The van der Waals surface area contributed by atoms with Crippen LogP contribution >= 0.6 is 0 Å². The normalized spacial score (nSPS) is 13.8. The molecule has 0 atom stereocenters. The average molecular weight is 717 g/mol. The van der Waals surface area contributed by atoms with Gasteiger partial charge >= 0.3 is 0 Å². The molecule has 0 bridgehead atoms. The van der Waals surface area contributed by atoms with Crippen LogP contribution in [-0.2, 0) is 0 Å². The Labute approximate surface area is 329 Å². The van der Waals surface area contributed by atoms with Crippen LogP contribution in [-0.4, -0.2) is 0 Å². The minimum Gasteiger partial charge on any atom is -0.355 e. The van der Waals surface area contributed by atoms with Crippen LogP contribution in [0.25, 0.3) is 55.7 Å². The fourth-order valence-electron chi connectivity index (χ4n) is 7.46. The molecule has 1 heterocycles. The molecule has 1 N–H and O–H groups in total. The lowest BCUT2D eigenvalue weighted by molar-refractivity contribution is 1.27. The molecular formula is C54H40N2. The van der Waals surface area contributed by atoms with Crippen LogP contribution in [0, 0.1) is 0 Å². The molecule has 8 aromatic rings. The third-order valence-electron chi connectivity index (χ3n) is 10.4. The van der Waals surface area contributed by atoms with Crippen LogP contribution in [0.5, 0.6) is 0 Å². The van der Waals surface area contributed by atoms with Gasteiger partial charge in [-0.25, -0.2) is 0 Å². The summed E-state index contributed by atoms with van der Waals surface area (Å²) >= 11 is 0. The maximum atomic E-state index is 4.52. The zero-order chi connectivity index (χ0) is 37.7. The largest absolute Gasteiger partial charge is 0.355 e. The van der Waals surface area contributed by atoms with Crippen molar-refractivity contribution in [2.45, 2.75) is 0 Å².